The largest absolute Gasteiger partial charge is 0.294 e. The SMILES string of the molecule is O=C(CC1(Cl)N=c2ccccc2=N1)c1ccccc1. The molecule has 0 aliphatic carbocycles. The highest BCUT2D eigenvalue weighted by molar-refractivity contribution is 6.25. The van der Waals surface area contributed by atoms with Crippen molar-refractivity contribution < 1.29 is 4.79 Å². The van der Waals surface area contributed by atoms with E-state index in [1.54, 1.807) is 12.1 Å². The quantitative estimate of drug-likeness (QED) is 0.478. The van der Waals surface area contributed by atoms with E-state index in [0.29, 0.717) is 5.56 Å². The number of ketones is 1. The second kappa shape index (κ2) is 4.59. The molecule has 2 aromatic carbocycles. The Kier molecular flexibility index (Phi) is 2.91. The van der Waals surface area contributed by atoms with Gasteiger partial charge in [-0.15, -0.1) is 0 Å². The lowest BCUT2D eigenvalue weighted by Crippen LogP contribution is -2.20. The summed E-state index contributed by atoms with van der Waals surface area (Å²) in [6.07, 6.45) is 0.0627. The van der Waals surface area contributed by atoms with Crippen LogP contribution in [0.4, 0.5) is 0 Å². The topological polar surface area (TPSA) is 41.8 Å². The molecule has 1 aliphatic rings. The predicted molar refractivity (Wildman–Crippen MR) is 72.7 cm³/mol. The van der Waals surface area contributed by atoms with Gasteiger partial charge in [-0.25, -0.2) is 9.98 Å². The van der Waals surface area contributed by atoms with Crippen LogP contribution in [-0.4, -0.2) is 10.9 Å². The Morgan fingerprint density at radius 1 is 0.947 bits per heavy atom. The zero-order valence-electron chi connectivity index (χ0n) is 10.1. The molecule has 1 aliphatic heterocycles. The number of para-hydroxylation sites is 2. The molecule has 19 heavy (non-hydrogen) atoms. The lowest BCUT2D eigenvalue weighted by molar-refractivity contribution is 0.0970. The Balaban J connectivity index is 1.89. The Morgan fingerprint density at radius 2 is 1.47 bits per heavy atom. The van der Waals surface area contributed by atoms with E-state index in [0.717, 1.165) is 10.7 Å². The van der Waals surface area contributed by atoms with Gasteiger partial charge in [-0.3, -0.25) is 4.79 Å². The maximum Gasteiger partial charge on any atom is 0.233 e. The molecule has 0 saturated carbocycles. The molecule has 3 nitrogen and oxygen atoms in total. The lowest BCUT2D eigenvalue weighted by atomic mass is 10.1. The maximum absolute atomic E-state index is 12.2. The van der Waals surface area contributed by atoms with E-state index in [-0.39, 0.29) is 12.2 Å². The number of nitrogens with zero attached hydrogens (tertiary/aromatic N) is 2. The van der Waals surface area contributed by atoms with Gasteiger partial charge in [-0.05, 0) is 12.1 Å². The van der Waals surface area contributed by atoms with Gasteiger partial charge in [0.15, 0.2) is 5.78 Å². The summed E-state index contributed by atoms with van der Waals surface area (Å²) in [5.74, 6) is -0.0593. The van der Waals surface area contributed by atoms with Crippen molar-refractivity contribution in [1.29, 1.82) is 0 Å². The summed E-state index contributed by atoms with van der Waals surface area (Å²) in [5.41, 5.74) is 0.629. The van der Waals surface area contributed by atoms with Crippen molar-refractivity contribution >= 4 is 17.4 Å². The molecule has 3 rings (SSSR count). The molecular weight excluding hydrogens is 260 g/mol. The van der Waals surface area contributed by atoms with Gasteiger partial charge in [0, 0.05) is 5.56 Å². The molecule has 0 atom stereocenters. The Bertz CT molecular complexity index is 705. The van der Waals surface area contributed by atoms with E-state index in [1.165, 1.54) is 0 Å². The smallest absolute Gasteiger partial charge is 0.233 e. The van der Waals surface area contributed by atoms with E-state index >= 15 is 0 Å². The fourth-order valence-electron chi connectivity index (χ4n) is 2.06. The molecule has 0 bridgehead atoms. The van der Waals surface area contributed by atoms with Crippen LogP contribution in [0.1, 0.15) is 16.8 Å². The first-order chi connectivity index (χ1) is 9.16. The van der Waals surface area contributed by atoms with E-state index in [9.17, 15) is 4.79 Å². The van der Waals surface area contributed by atoms with Crippen LogP contribution in [0.5, 0.6) is 0 Å². The van der Waals surface area contributed by atoms with Crippen LogP contribution in [0, 0.1) is 0 Å². The number of fused-ring (bicyclic) bond motifs is 1. The second-order valence-corrected chi connectivity index (χ2v) is 5.00. The number of hydrogen-bond acceptors (Lipinski definition) is 3. The fourth-order valence-corrected chi connectivity index (χ4v) is 2.36. The highest BCUT2D eigenvalue weighted by Gasteiger charge is 2.31. The first kappa shape index (κ1) is 12.1. The Morgan fingerprint density at radius 3 is 2.05 bits per heavy atom. The summed E-state index contributed by atoms with van der Waals surface area (Å²) >= 11 is 6.33. The first-order valence-corrected chi connectivity index (χ1v) is 6.36. The van der Waals surface area contributed by atoms with Gasteiger partial charge in [0.05, 0.1) is 17.1 Å². The minimum absolute atomic E-state index is 0.0593. The van der Waals surface area contributed by atoms with Gasteiger partial charge >= 0.3 is 0 Å². The molecule has 0 saturated heterocycles. The van der Waals surface area contributed by atoms with Gasteiger partial charge in [-0.2, -0.15) is 0 Å². The average molecular weight is 271 g/mol. The number of hydrogen-bond donors (Lipinski definition) is 0. The molecule has 2 aromatic rings. The number of Topliss-reactive ketones (excluding diaryl/α,β-unsaturated/α-hetero) is 1. The second-order valence-electron chi connectivity index (χ2n) is 4.40. The monoisotopic (exact) mass is 270 g/mol. The summed E-state index contributed by atoms with van der Waals surface area (Å²) in [6, 6.07) is 16.5. The van der Waals surface area contributed by atoms with E-state index < -0.39 is 5.12 Å². The van der Waals surface area contributed by atoms with Crippen molar-refractivity contribution in [2.24, 2.45) is 9.98 Å². The molecule has 0 unspecified atom stereocenters. The fraction of sp³-hybridized carbons (Fsp3) is 0.133. The average Bonchev–Trinajstić information content (AvgIpc) is 2.75. The molecular formula is C15H11ClN2O. The summed E-state index contributed by atoms with van der Waals surface area (Å²) in [4.78, 5) is 20.8. The van der Waals surface area contributed by atoms with Gasteiger partial charge < -0.3 is 0 Å². The third-order valence-corrected chi connectivity index (χ3v) is 3.25. The molecule has 0 amide bonds. The molecule has 0 radical (unpaired) electrons. The normalized spacial score (nSPS) is 15.2. The molecule has 0 aromatic heterocycles. The van der Waals surface area contributed by atoms with Crippen molar-refractivity contribution in [3.8, 4) is 0 Å². The molecule has 0 spiro atoms. The van der Waals surface area contributed by atoms with Crippen LogP contribution < -0.4 is 10.7 Å². The number of carbonyl (C=O) groups is 1. The van der Waals surface area contributed by atoms with Crippen molar-refractivity contribution in [3.63, 3.8) is 0 Å². The van der Waals surface area contributed by atoms with Crippen LogP contribution in [0.15, 0.2) is 64.6 Å². The Hall–Kier alpha value is -2.00. The first-order valence-electron chi connectivity index (χ1n) is 5.98. The van der Waals surface area contributed by atoms with Gasteiger partial charge in [0.25, 0.3) is 0 Å². The summed E-state index contributed by atoms with van der Waals surface area (Å²) in [5, 5.41) is 0.271. The third-order valence-electron chi connectivity index (χ3n) is 2.95. The number of alkyl halides is 1. The van der Waals surface area contributed by atoms with Crippen LogP contribution in [0.25, 0.3) is 0 Å². The number of carbonyl (C=O) groups excluding carboxylic acids is 1. The minimum Gasteiger partial charge on any atom is -0.294 e. The van der Waals surface area contributed by atoms with Crippen molar-refractivity contribution in [2.45, 2.75) is 11.5 Å². The lowest BCUT2D eigenvalue weighted by Gasteiger charge is -2.13. The highest BCUT2D eigenvalue weighted by atomic mass is 35.5. The van der Waals surface area contributed by atoms with E-state index in [1.807, 2.05) is 42.5 Å². The van der Waals surface area contributed by atoms with E-state index in [4.69, 9.17) is 11.6 Å². The summed E-state index contributed by atoms with van der Waals surface area (Å²) in [6.45, 7) is 0. The van der Waals surface area contributed by atoms with Crippen LogP contribution in [0.2, 0.25) is 0 Å². The van der Waals surface area contributed by atoms with Gasteiger partial charge in [0.1, 0.15) is 0 Å². The molecule has 94 valence electrons. The zero-order valence-corrected chi connectivity index (χ0v) is 10.8. The maximum atomic E-state index is 12.2. The molecule has 0 N–H and O–H groups in total. The van der Waals surface area contributed by atoms with Crippen LogP contribution >= 0.6 is 11.6 Å². The number of benzene rings is 2. The molecule has 4 heteroatoms. The van der Waals surface area contributed by atoms with Crippen molar-refractivity contribution in [1.82, 2.24) is 0 Å². The summed E-state index contributed by atoms with van der Waals surface area (Å²) in [7, 11) is 0. The van der Waals surface area contributed by atoms with Crippen LogP contribution in [-0.2, 0) is 0 Å². The van der Waals surface area contributed by atoms with Gasteiger partial charge in [-0.1, -0.05) is 54.1 Å². The standard InChI is InChI=1S/C15H11ClN2O/c16-15(10-14(19)11-6-2-1-3-7-11)17-12-8-4-5-9-13(12)18-15/h1-9H,10H2. The van der Waals surface area contributed by atoms with Crippen LogP contribution in [0.3, 0.4) is 0 Å². The highest BCUT2D eigenvalue weighted by Crippen LogP contribution is 2.26. The number of rotatable bonds is 3. The summed E-state index contributed by atoms with van der Waals surface area (Å²) < 4.78 is 0. The third kappa shape index (κ3) is 2.42. The predicted octanol–water partition coefficient (Wildman–Crippen LogP) is 2.10. The van der Waals surface area contributed by atoms with Gasteiger partial charge in [0.2, 0.25) is 5.12 Å². The van der Waals surface area contributed by atoms with Crippen molar-refractivity contribution in [2.75, 3.05) is 0 Å². The van der Waals surface area contributed by atoms with E-state index in [2.05, 4.69) is 9.98 Å². The number of halogens is 1. The molecule has 1 heterocycles. The minimum atomic E-state index is -1.20. The molecule has 0 fully saturated rings. The Labute approximate surface area is 115 Å². The van der Waals surface area contributed by atoms with Crippen molar-refractivity contribution in [3.05, 3.63) is 70.9 Å². The zero-order chi connectivity index (χ0) is 13.3.